The molecule has 0 heterocycles. The molecule has 0 unspecified atom stereocenters. The highest BCUT2D eigenvalue weighted by Gasteiger charge is 2.06. The lowest BCUT2D eigenvalue weighted by molar-refractivity contribution is 0.370. The van der Waals surface area contributed by atoms with E-state index in [-0.39, 0.29) is 30.6 Å². The highest BCUT2D eigenvalue weighted by Crippen LogP contribution is 2.12. The Morgan fingerprint density at radius 3 is 2.23 bits per heavy atom. The largest absolute Gasteiger partial charge is 0.481 e. The highest BCUT2D eigenvalue weighted by atomic mass is 127. The fourth-order valence-corrected chi connectivity index (χ4v) is 3.37. The SMILES string of the molecule is C#CCOc1ccc(CCNC(=NCCc2ccc(S(C)(=O)=O)cc2)NCC)cc1.I. The Bertz CT molecular complexity index is 967. The van der Waals surface area contributed by atoms with E-state index in [2.05, 4.69) is 21.5 Å². The van der Waals surface area contributed by atoms with Crippen molar-refractivity contribution in [3.8, 4) is 18.1 Å². The summed E-state index contributed by atoms with van der Waals surface area (Å²) in [5, 5.41) is 6.57. The molecule has 8 heteroatoms. The Kier molecular flexibility index (Phi) is 12.0. The van der Waals surface area contributed by atoms with E-state index in [1.54, 1.807) is 12.1 Å². The van der Waals surface area contributed by atoms with Gasteiger partial charge in [0.05, 0.1) is 4.90 Å². The number of guanidine groups is 1. The number of ether oxygens (including phenoxy) is 1. The molecule has 0 bridgehead atoms. The summed E-state index contributed by atoms with van der Waals surface area (Å²) in [5.41, 5.74) is 2.24. The zero-order valence-electron chi connectivity index (χ0n) is 17.9. The van der Waals surface area contributed by atoms with Crippen LogP contribution in [0.15, 0.2) is 58.4 Å². The molecule has 2 N–H and O–H groups in total. The molecular formula is C23H30IN3O3S. The van der Waals surface area contributed by atoms with E-state index < -0.39 is 9.84 Å². The zero-order chi connectivity index (χ0) is 21.8. The van der Waals surface area contributed by atoms with Gasteiger partial charge in [-0.1, -0.05) is 30.2 Å². The van der Waals surface area contributed by atoms with Crippen LogP contribution in [0.2, 0.25) is 0 Å². The molecule has 0 saturated carbocycles. The Morgan fingerprint density at radius 1 is 1.03 bits per heavy atom. The summed E-state index contributed by atoms with van der Waals surface area (Å²) in [7, 11) is -3.16. The van der Waals surface area contributed by atoms with Crippen molar-refractivity contribution in [1.82, 2.24) is 10.6 Å². The van der Waals surface area contributed by atoms with Crippen LogP contribution >= 0.6 is 24.0 Å². The van der Waals surface area contributed by atoms with E-state index in [0.29, 0.717) is 11.4 Å². The molecular weight excluding hydrogens is 525 g/mol. The first-order valence-corrected chi connectivity index (χ1v) is 11.8. The summed E-state index contributed by atoms with van der Waals surface area (Å²) >= 11 is 0. The van der Waals surface area contributed by atoms with Gasteiger partial charge >= 0.3 is 0 Å². The quantitative estimate of drug-likeness (QED) is 0.204. The maximum atomic E-state index is 11.5. The van der Waals surface area contributed by atoms with Crippen molar-refractivity contribution in [2.24, 2.45) is 4.99 Å². The molecule has 2 rings (SSSR count). The summed E-state index contributed by atoms with van der Waals surface area (Å²) in [6.07, 6.45) is 7.99. The number of hydrogen-bond donors (Lipinski definition) is 2. The van der Waals surface area contributed by atoms with E-state index in [1.807, 2.05) is 43.3 Å². The number of benzene rings is 2. The van der Waals surface area contributed by atoms with Crippen LogP contribution in [0.3, 0.4) is 0 Å². The van der Waals surface area contributed by atoms with Gasteiger partial charge in [0.15, 0.2) is 15.8 Å². The summed E-state index contributed by atoms with van der Waals surface area (Å²) in [6.45, 7) is 4.42. The molecule has 0 fully saturated rings. The number of nitrogens with one attached hydrogen (secondary N) is 2. The minimum Gasteiger partial charge on any atom is -0.481 e. The molecule has 0 aromatic heterocycles. The minimum atomic E-state index is -3.16. The van der Waals surface area contributed by atoms with Gasteiger partial charge in [0.2, 0.25) is 0 Å². The maximum absolute atomic E-state index is 11.5. The van der Waals surface area contributed by atoms with Crippen LogP contribution in [-0.4, -0.2) is 46.9 Å². The van der Waals surface area contributed by atoms with Crippen LogP contribution in [-0.2, 0) is 22.7 Å². The standard InChI is InChI=1S/C23H29N3O3S.HI/c1-4-18-29-21-10-6-19(7-11-21)14-16-25-23(24-5-2)26-17-15-20-8-12-22(13-9-20)30(3,27)28;/h1,6-13H,5,14-18H2,2-3H3,(H2,24,25,26);1H. The number of terminal acetylenes is 1. The average Bonchev–Trinajstić information content (AvgIpc) is 2.73. The van der Waals surface area contributed by atoms with E-state index in [0.717, 1.165) is 43.2 Å². The van der Waals surface area contributed by atoms with E-state index in [4.69, 9.17) is 11.2 Å². The second kappa shape index (κ2) is 13.9. The number of nitrogens with zero attached hydrogens (tertiary/aromatic N) is 1. The molecule has 168 valence electrons. The van der Waals surface area contributed by atoms with Crippen molar-refractivity contribution in [2.45, 2.75) is 24.7 Å². The minimum absolute atomic E-state index is 0. The van der Waals surface area contributed by atoms with Crippen LogP contribution in [0, 0.1) is 12.3 Å². The van der Waals surface area contributed by atoms with Crippen LogP contribution in [0.25, 0.3) is 0 Å². The highest BCUT2D eigenvalue weighted by molar-refractivity contribution is 14.0. The van der Waals surface area contributed by atoms with Gasteiger partial charge in [-0.05, 0) is 55.2 Å². The van der Waals surface area contributed by atoms with Gasteiger partial charge in [-0.3, -0.25) is 4.99 Å². The monoisotopic (exact) mass is 555 g/mol. The summed E-state index contributed by atoms with van der Waals surface area (Å²) in [5.74, 6) is 3.98. The number of halogens is 1. The van der Waals surface area contributed by atoms with Gasteiger partial charge < -0.3 is 15.4 Å². The molecule has 0 amide bonds. The van der Waals surface area contributed by atoms with Crippen molar-refractivity contribution in [3.05, 3.63) is 59.7 Å². The number of sulfone groups is 1. The van der Waals surface area contributed by atoms with Crippen molar-refractivity contribution < 1.29 is 13.2 Å². The lowest BCUT2D eigenvalue weighted by atomic mass is 10.1. The van der Waals surface area contributed by atoms with E-state index in [9.17, 15) is 8.42 Å². The lowest BCUT2D eigenvalue weighted by Gasteiger charge is -2.11. The average molecular weight is 555 g/mol. The molecule has 2 aromatic carbocycles. The molecule has 0 atom stereocenters. The van der Waals surface area contributed by atoms with Crippen molar-refractivity contribution >= 4 is 39.8 Å². The van der Waals surface area contributed by atoms with Gasteiger partial charge in [-0.15, -0.1) is 30.4 Å². The van der Waals surface area contributed by atoms with Gasteiger partial charge in [0.1, 0.15) is 12.4 Å². The van der Waals surface area contributed by atoms with Gasteiger partial charge in [0, 0.05) is 25.9 Å². The second-order valence-electron chi connectivity index (χ2n) is 6.74. The predicted molar refractivity (Wildman–Crippen MR) is 137 cm³/mol. The molecule has 0 aliphatic carbocycles. The molecule has 2 aromatic rings. The lowest BCUT2D eigenvalue weighted by Crippen LogP contribution is -2.38. The topological polar surface area (TPSA) is 79.8 Å². The summed E-state index contributed by atoms with van der Waals surface area (Å²) in [6, 6.07) is 14.8. The summed E-state index contributed by atoms with van der Waals surface area (Å²) in [4.78, 5) is 4.93. The Hall–Kier alpha value is -2.25. The fourth-order valence-electron chi connectivity index (χ4n) is 2.74. The first kappa shape index (κ1) is 26.8. The van der Waals surface area contributed by atoms with Gasteiger partial charge in [-0.25, -0.2) is 8.42 Å². The third kappa shape index (κ3) is 10.1. The molecule has 6 nitrogen and oxygen atoms in total. The Labute approximate surface area is 202 Å². The molecule has 31 heavy (non-hydrogen) atoms. The molecule has 0 spiro atoms. The van der Waals surface area contributed by atoms with Gasteiger partial charge in [0.25, 0.3) is 0 Å². The first-order chi connectivity index (χ1) is 14.4. The van der Waals surface area contributed by atoms with Crippen molar-refractivity contribution in [2.75, 3.05) is 32.5 Å². The molecule has 0 aliphatic heterocycles. The maximum Gasteiger partial charge on any atom is 0.191 e. The van der Waals surface area contributed by atoms with Crippen molar-refractivity contribution in [3.63, 3.8) is 0 Å². The number of hydrogen-bond acceptors (Lipinski definition) is 4. The molecule has 0 saturated heterocycles. The number of rotatable bonds is 10. The van der Waals surface area contributed by atoms with Crippen LogP contribution in [0.1, 0.15) is 18.1 Å². The molecule has 0 aliphatic rings. The van der Waals surface area contributed by atoms with Crippen LogP contribution in [0.4, 0.5) is 0 Å². The van der Waals surface area contributed by atoms with Gasteiger partial charge in [-0.2, -0.15) is 0 Å². The number of aliphatic imine (C=N–C) groups is 1. The smallest absolute Gasteiger partial charge is 0.191 e. The zero-order valence-corrected chi connectivity index (χ0v) is 21.1. The fraction of sp³-hybridized carbons (Fsp3) is 0.348. The second-order valence-corrected chi connectivity index (χ2v) is 8.76. The normalized spacial score (nSPS) is 11.2. The first-order valence-electron chi connectivity index (χ1n) is 9.88. The third-order valence-electron chi connectivity index (χ3n) is 4.32. The van der Waals surface area contributed by atoms with Crippen LogP contribution < -0.4 is 15.4 Å². The Balaban J connectivity index is 0.00000480. The van der Waals surface area contributed by atoms with E-state index in [1.165, 1.54) is 11.8 Å². The molecule has 0 radical (unpaired) electrons. The summed E-state index contributed by atoms with van der Waals surface area (Å²) < 4.78 is 28.4. The third-order valence-corrected chi connectivity index (χ3v) is 5.45. The van der Waals surface area contributed by atoms with Crippen LogP contribution in [0.5, 0.6) is 5.75 Å². The Morgan fingerprint density at radius 2 is 1.65 bits per heavy atom. The predicted octanol–water partition coefficient (Wildman–Crippen LogP) is 3.06. The van der Waals surface area contributed by atoms with Crippen molar-refractivity contribution in [1.29, 1.82) is 0 Å². The van der Waals surface area contributed by atoms with E-state index >= 15 is 0 Å².